The fraction of sp³-hybridized carbons (Fsp3) is 0.750. The van der Waals surface area contributed by atoms with Gasteiger partial charge in [0.2, 0.25) is 0 Å². The number of H-pyrrole nitrogens is 1. The lowest BCUT2D eigenvalue weighted by Crippen LogP contribution is -2.34. The Morgan fingerprint density at radius 2 is 2.14 bits per heavy atom. The number of nitrogens with one attached hydrogen (secondary N) is 2. The van der Waals surface area contributed by atoms with Crippen LogP contribution < -0.4 is 10.9 Å². The van der Waals surface area contributed by atoms with Gasteiger partial charge in [0, 0.05) is 25.1 Å². The van der Waals surface area contributed by atoms with Crippen LogP contribution in [0.4, 0.5) is 5.82 Å². The van der Waals surface area contributed by atoms with Crippen LogP contribution in [0.5, 0.6) is 0 Å². The SMILES string of the molecule is CCc1nc(NCCCN(C)C2CCCCC2)cc(=O)[nH]1. The Hall–Kier alpha value is -1.36. The van der Waals surface area contributed by atoms with Crippen molar-refractivity contribution < 1.29 is 0 Å². The minimum atomic E-state index is -0.0799. The molecule has 1 fully saturated rings. The lowest BCUT2D eigenvalue weighted by atomic mass is 9.94. The summed E-state index contributed by atoms with van der Waals surface area (Å²) in [5.41, 5.74) is -0.0799. The van der Waals surface area contributed by atoms with E-state index in [1.807, 2.05) is 6.92 Å². The average Bonchev–Trinajstić information content (AvgIpc) is 2.51. The highest BCUT2D eigenvalue weighted by molar-refractivity contribution is 5.32. The average molecular weight is 292 g/mol. The van der Waals surface area contributed by atoms with Gasteiger partial charge in [0.1, 0.15) is 11.6 Å². The topological polar surface area (TPSA) is 61.0 Å². The lowest BCUT2D eigenvalue weighted by molar-refractivity contribution is 0.191. The molecule has 0 saturated heterocycles. The van der Waals surface area contributed by atoms with Gasteiger partial charge in [-0.3, -0.25) is 4.79 Å². The summed E-state index contributed by atoms with van der Waals surface area (Å²) in [6.45, 7) is 3.94. The summed E-state index contributed by atoms with van der Waals surface area (Å²) in [4.78, 5) is 21.1. The molecule has 1 heterocycles. The van der Waals surface area contributed by atoms with E-state index < -0.39 is 0 Å². The minimum absolute atomic E-state index is 0.0799. The summed E-state index contributed by atoms with van der Waals surface area (Å²) in [6, 6.07) is 2.30. The quantitative estimate of drug-likeness (QED) is 0.758. The fourth-order valence-corrected chi connectivity index (χ4v) is 3.02. The van der Waals surface area contributed by atoms with Gasteiger partial charge in [-0.1, -0.05) is 26.2 Å². The molecule has 1 aromatic heterocycles. The number of rotatable bonds is 7. The smallest absolute Gasteiger partial charge is 0.252 e. The molecule has 0 radical (unpaired) electrons. The third-order valence-corrected chi connectivity index (χ3v) is 4.32. The van der Waals surface area contributed by atoms with Crippen molar-refractivity contribution >= 4 is 5.82 Å². The number of nitrogens with zero attached hydrogens (tertiary/aromatic N) is 2. The molecule has 0 aromatic carbocycles. The summed E-state index contributed by atoms with van der Waals surface area (Å²) in [7, 11) is 2.23. The van der Waals surface area contributed by atoms with E-state index >= 15 is 0 Å². The molecule has 0 unspecified atom stereocenters. The second-order valence-corrected chi connectivity index (χ2v) is 5.98. The van der Waals surface area contributed by atoms with Crippen LogP contribution in [0.3, 0.4) is 0 Å². The van der Waals surface area contributed by atoms with E-state index in [0.29, 0.717) is 5.82 Å². The molecule has 1 aromatic rings. The molecule has 118 valence electrons. The first kappa shape index (κ1) is 16.0. The van der Waals surface area contributed by atoms with Gasteiger partial charge in [-0.15, -0.1) is 0 Å². The number of hydrogen-bond acceptors (Lipinski definition) is 4. The molecule has 0 atom stereocenters. The molecule has 5 nitrogen and oxygen atoms in total. The van der Waals surface area contributed by atoms with E-state index in [1.165, 1.54) is 38.2 Å². The van der Waals surface area contributed by atoms with Crippen molar-refractivity contribution in [3.8, 4) is 0 Å². The second-order valence-electron chi connectivity index (χ2n) is 5.98. The van der Waals surface area contributed by atoms with Crippen LogP contribution in [-0.4, -0.2) is 41.0 Å². The number of hydrogen-bond donors (Lipinski definition) is 2. The molecule has 5 heteroatoms. The molecule has 0 amide bonds. The number of aromatic nitrogens is 2. The Morgan fingerprint density at radius 3 is 2.86 bits per heavy atom. The molecule has 0 aliphatic heterocycles. The van der Waals surface area contributed by atoms with E-state index in [4.69, 9.17) is 0 Å². The zero-order valence-corrected chi connectivity index (χ0v) is 13.3. The zero-order chi connectivity index (χ0) is 15.1. The highest BCUT2D eigenvalue weighted by Gasteiger charge is 2.17. The molecule has 1 saturated carbocycles. The Balaban J connectivity index is 1.71. The lowest BCUT2D eigenvalue weighted by Gasteiger charge is -2.31. The predicted octanol–water partition coefficient (Wildman–Crippen LogP) is 2.40. The fourth-order valence-electron chi connectivity index (χ4n) is 3.02. The summed E-state index contributed by atoms with van der Waals surface area (Å²) >= 11 is 0. The Morgan fingerprint density at radius 1 is 1.38 bits per heavy atom. The molecule has 0 bridgehead atoms. The summed E-state index contributed by atoms with van der Waals surface area (Å²) in [5, 5.41) is 3.26. The van der Waals surface area contributed by atoms with E-state index in [-0.39, 0.29) is 5.56 Å². The van der Waals surface area contributed by atoms with Crippen molar-refractivity contribution in [1.82, 2.24) is 14.9 Å². The predicted molar refractivity (Wildman–Crippen MR) is 86.8 cm³/mol. The third-order valence-electron chi connectivity index (χ3n) is 4.32. The maximum Gasteiger partial charge on any atom is 0.252 e. The Kier molecular flexibility index (Phi) is 6.23. The van der Waals surface area contributed by atoms with Crippen molar-refractivity contribution in [2.75, 3.05) is 25.5 Å². The van der Waals surface area contributed by atoms with E-state index in [2.05, 4.69) is 27.2 Å². The normalized spacial score (nSPS) is 16.3. The van der Waals surface area contributed by atoms with Gasteiger partial charge in [0.25, 0.3) is 5.56 Å². The molecule has 2 N–H and O–H groups in total. The van der Waals surface area contributed by atoms with Crippen molar-refractivity contribution in [1.29, 1.82) is 0 Å². The molecular formula is C16H28N4O. The van der Waals surface area contributed by atoms with E-state index in [0.717, 1.165) is 37.8 Å². The zero-order valence-electron chi connectivity index (χ0n) is 13.3. The van der Waals surface area contributed by atoms with Crippen LogP contribution in [0.2, 0.25) is 0 Å². The van der Waals surface area contributed by atoms with Crippen LogP contribution in [0.15, 0.2) is 10.9 Å². The highest BCUT2D eigenvalue weighted by Crippen LogP contribution is 2.21. The van der Waals surface area contributed by atoms with Gasteiger partial charge in [0.15, 0.2) is 0 Å². The van der Waals surface area contributed by atoms with Crippen LogP contribution in [0.1, 0.15) is 51.3 Å². The maximum absolute atomic E-state index is 11.5. The molecule has 21 heavy (non-hydrogen) atoms. The summed E-state index contributed by atoms with van der Waals surface area (Å²) in [5.74, 6) is 1.43. The minimum Gasteiger partial charge on any atom is -0.370 e. The molecule has 0 spiro atoms. The van der Waals surface area contributed by atoms with Gasteiger partial charge in [0.05, 0.1) is 0 Å². The molecule has 2 rings (SSSR count). The number of anilines is 1. The highest BCUT2D eigenvalue weighted by atomic mass is 16.1. The first-order valence-electron chi connectivity index (χ1n) is 8.23. The van der Waals surface area contributed by atoms with Gasteiger partial charge in [-0.25, -0.2) is 4.98 Å². The van der Waals surface area contributed by atoms with Crippen LogP contribution in [-0.2, 0) is 6.42 Å². The second kappa shape index (κ2) is 8.17. The van der Waals surface area contributed by atoms with E-state index in [9.17, 15) is 4.79 Å². The number of aromatic amines is 1. The molecule has 1 aliphatic carbocycles. The monoisotopic (exact) mass is 292 g/mol. The van der Waals surface area contributed by atoms with Crippen molar-refractivity contribution in [3.05, 3.63) is 22.2 Å². The first-order chi connectivity index (χ1) is 10.2. The molecule has 1 aliphatic rings. The van der Waals surface area contributed by atoms with Crippen LogP contribution in [0, 0.1) is 0 Å². The third kappa shape index (κ3) is 5.16. The van der Waals surface area contributed by atoms with Crippen molar-refractivity contribution in [2.24, 2.45) is 0 Å². The largest absolute Gasteiger partial charge is 0.370 e. The summed E-state index contributed by atoms with van der Waals surface area (Å²) < 4.78 is 0. The maximum atomic E-state index is 11.5. The standard InChI is InChI=1S/C16H28N4O/c1-3-14-18-15(12-16(21)19-14)17-10-7-11-20(2)13-8-5-4-6-9-13/h12-13H,3-11H2,1-2H3,(H2,17,18,19,21). The van der Waals surface area contributed by atoms with Gasteiger partial charge in [-0.05, 0) is 32.9 Å². The van der Waals surface area contributed by atoms with Crippen molar-refractivity contribution in [2.45, 2.75) is 57.9 Å². The van der Waals surface area contributed by atoms with Gasteiger partial charge in [-0.2, -0.15) is 0 Å². The number of aryl methyl sites for hydroxylation is 1. The van der Waals surface area contributed by atoms with Crippen LogP contribution in [0.25, 0.3) is 0 Å². The van der Waals surface area contributed by atoms with Crippen molar-refractivity contribution in [3.63, 3.8) is 0 Å². The van der Waals surface area contributed by atoms with Gasteiger partial charge < -0.3 is 15.2 Å². The Bertz CT molecular complexity index is 479. The van der Waals surface area contributed by atoms with Gasteiger partial charge >= 0.3 is 0 Å². The molecular weight excluding hydrogens is 264 g/mol. The van der Waals surface area contributed by atoms with Crippen LogP contribution >= 0.6 is 0 Å². The Labute approximate surface area is 127 Å². The first-order valence-corrected chi connectivity index (χ1v) is 8.23. The van der Waals surface area contributed by atoms with E-state index in [1.54, 1.807) is 0 Å². The summed E-state index contributed by atoms with van der Waals surface area (Å²) in [6.07, 6.45) is 8.67.